The van der Waals surface area contributed by atoms with Crippen LogP contribution in [0.4, 0.5) is 0 Å². The van der Waals surface area contributed by atoms with Crippen LogP contribution in [0.3, 0.4) is 0 Å². The van der Waals surface area contributed by atoms with Crippen molar-refractivity contribution in [3.8, 4) is 0 Å². The summed E-state index contributed by atoms with van der Waals surface area (Å²) in [5, 5.41) is 10.6. The van der Waals surface area contributed by atoms with E-state index in [1.54, 1.807) is 0 Å². The number of carbonyl (C=O) groups is 4. The Morgan fingerprint density at radius 1 is 0.340 bits per heavy atom. The summed E-state index contributed by atoms with van der Waals surface area (Å²) >= 11 is 0. The molecule has 19 heteroatoms. The summed E-state index contributed by atoms with van der Waals surface area (Å²) in [7, 11) is -9.93. The number of aliphatic hydroxyl groups excluding tert-OH is 1. The molecule has 0 radical (unpaired) electrons. The quantitative estimate of drug-likeness (QED) is 0.0169. The number of rotatable bonds is 74. The van der Waals surface area contributed by atoms with Crippen LogP contribution in [0.2, 0.25) is 0 Å². The minimum absolute atomic E-state index is 0.0839. The van der Waals surface area contributed by atoms with Gasteiger partial charge in [0.2, 0.25) is 0 Å². The summed E-state index contributed by atoms with van der Waals surface area (Å²) in [4.78, 5) is 72.9. The first-order chi connectivity index (χ1) is 46.8. The van der Waals surface area contributed by atoms with E-state index in [0.717, 1.165) is 127 Å². The topological polar surface area (TPSA) is 237 Å². The van der Waals surface area contributed by atoms with Crippen LogP contribution < -0.4 is 0 Å². The number of carbonyl (C=O) groups excluding carboxylic acids is 4. The van der Waals surface area contributed by atoms with E-state index in [1.165, 1.54) is 167 Å². The van der Waals surface area contributed by atoms with Crippen molar-refractivity contribution in [3.63, 3.8) is 0 Å². The molecule has 3 unspecified atom stereocenters. The molecule has 6 atom stereocenters. The molecular weight excluding hydrogens is 1270 g/mol. The number of phosphoric acid groups is 2. The third kappa shape index (κ3) is 70.4. The lowest BCUT2D eigenvalue weighted by atomic mass is 10.00. The molecule has 0 aliphatic carbocycles. The van der Waals surface area contributed by atoms with E-state index in [0.29, 0.717) is 25.7 Å². The molecule has 0 rings (SSSR count). The highest BCUT2D eigenvalue weighted by Crippen LogP contribution is 2.45. The average molecular weight is 1420 g/mol. The Hall–Kier alpha value is -2.46. The zero-order chi connectivity index (χ0) is 71.6. The molecule has 572 valence electrons. The van der Waals surface area contributed by atoms with E-state index in [1.807, 2.05) is 0 Å². The van der Waals surface area contributed by atoms with Crippen molar-refractivity contribution in [2.45, 2.75) is 394 Å². The molecule has 0 heterocycles. The lowest BCUT2D eigenvalue weighted by Crippen LogP contribution is -2.30. The molecule has 0 aromatic carbocycles. The van der Waals surface area contributed by atoms with Crippen LogP contribution in [0, 0.1) is 17.8 Å². The molecule has 0 fully saturated rings. The average Bonchev–Trinajstić information content (AvgIpc) is 1.11. The van der Waals surface area contributed by atoms with Crippen molar-refractivity contribution < 1.29 is 80.2 Å². The highest BCUT2D eigenvalue weighted by molar-refractivity contribution is 7.47. The van der Waals surface area contributed by atoms with E-state index in [9.17, 15) is 43.2 Å². The van der Waals surface area contributed by atoms with Gasteiger partial charge in [-0.1, -0.05) is 323 Å². The highest BCUT2D eigenvalue weighted by Gasteiger charge is 2.30. The van der Waals surface area contributed by atoms with Crippen LogP contribution in [0.25, 0.3) is 0 Å². The largest absolute Gasteiger partial charge is 0.472 e. The Balaban J connectivity index is 5.27. The normalized spacial score (nSPS) is 14.5. The molecule has 0 aromatic heterocycles. The van der Waals surface area contributed by atoms with E-state index in [4.69, 9.17) is 37.0 Å². The Bertz CT molecular complexity index is 1980. The monoisotopic (exact) mass is 1420 g/mol. The van der Waals surface area contributed by atoms with Crippen molar-refractivity contribution >= 4 is 39.5 Å². The van der Waals surface area contributed by atoms with Gasteiger partial charge in [0.05, 0.1) is 26.4 Å². The lowest BCUT2D eigenvalue weighted by molar-refractivity contribution is -0.161. The van der Waals surface area contributed by atoms with Crippen molar-refractivity contribution in [2.75, 3.05) is 39.6 Å². The summed E-state index contributed by atoms with van der Waals surface area (Å²) in [5.41, 5.74) is 0. The van der Waals surface area contributed by atoms with Crippen LogP contribution in [0.5, 0.6) is 0 Å². The Kier molecular flexibility index (Phi) is 66.3. The second-order valence-electron chi connectivity index (χ2n) is 28.6. The van der Waals surface area contributed by atoms with Gasteiger partial charge in [0.25, 0.3) is 0 Å². The molecule has 0 aliphatic rings. The predicted molar refractivity (Wildman–Crippen MR) is 395 cm³/mol. The Labute approximate surface area is 592 Å². The SMILES string of the molecule is CCCCCC/C=C\C=C/CCCCCCCC(=O)O[C@H](COC(=O)CCCCCCCCC(C)CC)COP(=O)(O)OC[C@H](O)COP(=O)(O)OC[C@@H](COC(=O)CCCCCCCCCCCCC(C)C)OC(=O)CCCCCCCCCCCCCCCCCCC(C)C. The molecule has 0 amide bonds. The number of hydrogen-bond acceptors (Lipinski definition) is 15. The fraction of sp³-hybridized carbons (Fsp3) is 0.897. The Morgan fingerprint density at radius 3 is 0.918 bits per heavy atom. The van der Waals surface area contributed by atoms with E-state index in [2.05, 4.69) is 72.8 Å². The van der Waals surface area contributed by atoms with Crippen molar-refractivity contribution in [1.29, 1.82) is 0 Å². The molecule has 0 saturated heterocycles. The molecule has 0 aromatic rings. The Morgan fingerprint density at radius 2 is 0.608 bits per heavy atom. The minimum atomic E-state index is -4.96. The van der Waals surface area contributed by atoms with Crippen molar-refractivity contribution in [2.24, 2.45) is 17.8 Å². The standard InChI is InChI=1S/C78H148O17P2/c1-8-10-11-12-13-14-15-16-19-23-26-33-38-47-54-62-78(83)95-74(66-89-76(81)60-53-46-41-40-44-51-58-71(7)9-2)68-93-97(86,87)91-64-72(79)63-90-96(84,85)92-67-73(65-88-75(80)59-52-45-37-32-29-28-31-36-43-50-57-70(5)6)94-77(82)61-55-48-39-34-27-24-21-18-17-20-22-25-30-35-42-49-56-69(3)4/h14-16,19,69-74,79H,8-13,17-18,20-68H2,1-7H3,(H,84,85)(H,86,87)/b15-14-,19-16-/t71?,72-,73-,74-/m1/s1. The number of ether oxygens (including phenoxy) is 4. The highest BCUT2D eigenvalue weighted by atomic mass is 31.2. The summed E-state index contributed by atoms with van der Waals surface area (Å²) in [6.45, 7) is 11.8. The van der Waals surface area contributed by atoms with Gasteiger partial charge in [0.15, 0.2) is 12.2 Å². The van der Waals surface area contributed by atoms with Gasteiger partial charge in [-0.15, -0.1) is 0 Å². The number of hydrogen-bond donors (Lipinski definition) is 3. The molecule has 0 aliphatic heterocycles. The van der Waals surface area contributed by atoms with Gasteiger partial charge in [-0.3, -0.25) is 37.3 Å². The molecule has 97 heavy (non-hydrogen) atoms. The maximum atomic E-state index is 13.1. The van der Waals surface area contributed by atoms with Gasteiger partial charge < -0.3 is 33.8 Å². The minimum Gasteiger partial charge on any atom is -0.462 e. The zero-order valence-electron chi connectivity index (χ0n) is 63.0. The molecule has 17 nitrogen and oxygen atoms in total. The van der Waals surface area contributed by atoms with Gasteiger partial charge in [-0.2, -0.15) is 0 Å². The van der Waals surface area contributed by atoms with Crippen LogP contribution >= 0.6 is 15.6 Å². The third-order valence-corrected chi connectivity index (χ3v) is 19.8. The molecule has 0 saturated carbocycles. The zero-order valence-corrected chi connectivity index (χ0v) is 64.8. The van der Waals surface area contributed by atoms with Crippen LogP contribution in [0.15, 0.2) is 24.3 Å². The van der Waals surface area contributed by atoms with Gasteiger partial charge in [-0.05, 0) is 69.1 Å². The molecule has 3 N–H and O–H groups in total. The van der Waals surface area contributed by atoms with E-state index < -0.39 is 97.5 Å². The number of allylic oxidation sites excluding steroid dienone is 4. The first-order valence-electron chi connectivity index (χ1n) is 39.7. The maximum absolute atomic E-state index is 13.1. The predicted octanol–water partition coefficient (Wildman–Crippen LogP) is 22.5. The number of phosphoric ester groups is 2. The summed E-state index contributed by atoms with van der Waals surface area (Å²) < 4.78 is 68.5. The maximum Gasteiger partial charge on any atom is 0.472 e. The number of aliphatic hydroxyl groups is 1. The second kappa shape index (κ2) is 68.0. The fourth-order valence-electron chi connectivity index (χ4n) is 11.4. The summed E-state index contributed by atoms with van der Waals surface area (Å²) in [5.74, 6) is 0.145. The summed E-state index contributed by atoms with van der Waals surface area (Å²) in [6, 6.07) is 0. The van der Waals surface area contributed by atoms with Crippen molar-refractivity contribution in [3.05, 3.63) is 24.3 Å². The summed E-state index contributed by atoms with van der Waals surface area (Å²) in [6.07, 6.45) is 57.7. The van der Waals surface area contributed by atoms with Crippen LogP contribution in [-0.4, -0.2) is 96.7 Å². The van der Waals surface area contributed by atoms with Gasteiger partial charge in [-0.25, -0.2) is 9.13 Å². The lowest BCUT2D eigenvalue weighted by Gasteiger charge is -2.21. The number of unbranched alkanes of at least 4 members (excludes halogenated alkanes) is 38. The number of esters is 4. The molecular formula is C78H148O17P2. The van der Waals surface area contributed by atoms with Gasteiger partial charge in [0.1, 0.15) is 19.3 Å². The van der Waals surface area contributed by atoms with Gasteiger partial charge in [0, 0.05) is 25.7 Å². The first-order valence-corrected chi connectivity index (χ1v) is 42.7. The van der Waals surface area contributed by atoms with Crippen LogP contribution in [-0.2, 0) is 65.4 Å². The van der Waals surface area contributed by atoms with Gasteiger partial charge >= 0.3 is 39.5 Å². The van der Waals surface area contributed by atoms with E-state index in [-0.39, 0.29) is 25.7 Å². The molecule has 0 bridgehead atoms. The van der Waals surface area contributed by atoms with Crippen LogP contribution in [0.1, 0.15) is 376 Å². The van der Waals surface area contributed by atoms with Crippen molar-refractivity contribution in [1.82, 2.24) is 0 Å². The molecule has 0 spiro atoms. The second-order valence-corrected chi connectivity index (χ2v) is 31.5. The van der Waals surface area contributed by atoms with E-state index >= 15 is 0 Å². The first kappa shape index (κ1) is 94.5. The third-order valence-electron chi connectivity index (χ3n) is 17.9. The fourth-order valence-corrected chi connectivity index (χ4v) is 13.0. The smallest absolute Gasteiger partial charge is 0.462 e.